The summed E-state index contributed by atoms with van der Waals surface area (Å²) < 4.78 is 4.89. The molecule has 4 aromatic rings. The number of nitrogens with zero attached hydrogens (tertiary/aromatic N) is 2. The number of fused-ring (bicyclic) bond motifs is 5. The van der Waals surface area contributed by atoms with Crippen LogP contribution in [0.1, 0.15) is 9.62 Å². The van der Waals surface area contributed by atoms with Gasteiger partial charge in [-0.2, -0.15) is 0 Å². The van der Waals surface area contributed by atoms with Crippen LogP contribution in [0.4, 0.5) is 0 Å². The van der Waals surface area contributed by atoms with Gasteiger partial charge in [0.05, 0.1) is 0 Å². The Hall–Kier alpha value is -1.27. The predicted molar refractivity (Wildman–Crippen MR) is 80.0 cm³/mol. The molecule has 0 aliphatic carbocycles. The molecule has 1 atom stereocenters. The molecule has 1 aliphatic rings. The quantitative estimate of drug-likeness (QED) is 0.361. The zero-order valence-electron chi connectivity index (χ0n) is 10.5. The molecule has 0 saturated carbocycles. The second-order valence-corrected chi connectivity index (χ2v) is 9.26. The summed E-state index contributed by atoms with van der Waals surface area (Å²) in [5.41, 5.74) is 3.45. The number of aromatic nitrogens is 2. The normalized spacial score (nSPS) is 18.5. The fourth-order valence-electron chi connectivity index (χ4n) is 2.72. The molecule has 1 aromatic carbocycles. The van der Waals surface area contributed by atoms with Gasteiger partial charge in [-0.1, -0.05) is 0 Å². The molecular weight excluding hydrogens is 379 g/mol. The summed E-state index contributed by atoms with van der Waals surface area (Å²) in [7, 11) is 0. The Labute approximate surface area is 130 Å². The molecule has 1 saturated heterocycles. The molecule has 4 heterocycles. The first kappa shape index (κ1) is 11.4. The van der Waals surface area contributed by atoms with Crippen molar-refractivity contribution in [3.05, 3.63) is 48.3 Å². The van der Waals surface area contributed by atoms with Crippen LogP contribution < -0.4 is 21.2 Å². The molecular formula is C16H10IN2S-. The van der Waals surface area contributed by atoms with Crippen LogP contribution in [0.15, 0.2) is 42.6 Å². The summed E-state index contributed by atoms with van der Waals surface area (Å²) in [6, 6.07) is 12.7. The summed E-state index contributed by atoms with van der Waals surface area (Å²) in [5.74, 6) is 0. The Kier molecular flexibility index (Phi) is 2.34. The van der Waals surface area contributed by atoms with Gasteiger partial charge in [-0.05, 0) is 0 Å². The number of hydrogen-bond donors (Lipinski definition) is 0. The van der Waals surface area contributed by atoms with Gasteiger partial charge in [0.2, 0.25) is 0 Å². The van der Waals surface area contributed by atoms with E-state index in [0.29, 0.717) is 21.2 Å². The van der Waals surface area contributed by atoms with Crippen LogP contribution in [0.2, 0.25) is 0 Å². The monoisotopic (exact) mass is 389 g/mol. The van der Waals surface area contributed by atoms with Gasteiger partial charge in [-0.15, -0.1) is 0 Å². The van der Waals surface area contributed by atoms with Gasteiger partial charge < -0.3 is 0 Å². The summed E-state index contributed by atoms with van der Waals surface area (Å²) in [5, 5.41) is 2.65. The average molecular weight is 389 g/mol. The van der Waals surface area contributed by atoms with E-state index in [0.717, 1.165) is 15.0 Å². The number of rotatable bonds is 1. The van der Waals surface area contributed by atoms with Crippen LogP contribution in [-0.4, -0.2) is 14.4 Å². The first-order valence-corrected chi connectivity index (χ1v) is 10.1. The summed E-state index contributed by atoms with van der Waals surface area (Å²) in [4.78, 5) is 9.54. The van der Waals surface area contributed by atoms with E-state index in [1.54, 1.807) is 0 Å². The van der Waals surface area contributed by atoms with Crippen LogP contribution in [0.5, 0.6) is 0 Å². The summed E-state index contributed by atoms with van der Waals surface area (Å²) in [6.45, 7) is 0. The van der Waals surface area contributed by atoms with Gasteiger partial charge in [-0.25, -0.2) is 0 Å². The maximum atomic E-state index is 4.94. The fraction of sp³-hybridized carbons (Fsp3) is 0.125. The Morgan fingerprint density at radius 2 is 2.05 bits per heavy atom. The van der Waals surface area contributed by atoms with Gasteiger partial charge in [0.25, 0.3) is 0 Å². The Balaban J connectivity index is 2.09. The Morgan fingerprint density at radius 1 is 1.15 bits per heavy atom. The van der Waals surface area contributed by atoms with Gasteiger partial charge in [0.15, 0.2) is 0 Å². The third-order valence-corrected chi connectivity index (χ3v) is 7.24. The Bertz CT molecular complexity index is 972. The second kappa shape index (κ2) is 4.11. The molecule has 98 valence electrons. The summed E-state index contributed by atoms with van der Waals surface area (Å²) >= 11 is 2.24. The maximum absolute atomic E-state index is 4.94. The molecule has 3 aromatic heterocycles. The molecule has 20 heavy (non-hydrogen) atoms. The van der Waals surface area contributed by atoms with Crippen molar-refractivity contribution < 1.29 is 21.2 Å². The van der Waals surface area contributed by atoms with Crippen molar-refractivity contribution in [2.45, 2.75) is 3.92 Å². The van der Waals surface area contributed by atoms with Crippen molar-refractivity contribution in [3.8, 4) is 0 Å². The zero-order valence-corrected chi connectivity index (χ0v) is 13.5. The van der Waals surface area contributed by atoms with E-state index in [-0.39, 0.29) is 0 Å². The van der Waals surface area contributed by atoms with Crippen molar-refractivity contribution in [1.29, 1.82) is 0 Å². The van der Waals surface area contributed by atoms with E-state index in [1.165, 1.54) is 30.3 Å². The van der Waals surface area contributed by atoms with Crippen LogP contribution in [0.25, 0.3) is 31.2 Å². The third-order valence-electron chi connectivity index (χ3n) is 3.70. The number of pyridine rings is 2. The molecule has 4 heteroatoms. The number of alkyl halides is 2. The minimum atomic E-state index is 0.358. The molecule has 0 amide bonds. The number of hydrogen-bond acceptors (Lipinski definition) is 3. The Morgan fingerprint density at radius 3 is 2.95 bits per heavy atom. The van der Waals surface area contributed by atoms with Crippen molar-refractivity contribution >= 4 is 42.5 Å². The van der Waals surface area contributed by atoms with Crippen LogP contribution in [0, 0.1) is 0 Å². The molecule has 0 bridgehead atoms. The van der Waals surface area contributed by atoms with Gasteiger partial charge in [0.1, 0.15) is 0 Å². The molecule has 1 fully saturated rings. The van der Waals surface area contributed by atoms with Crippen LogP contribution >= 0.6 is 11.3 Å². The van der Waals surface area contributed by atoms with Crippen LogP contribution in [0.3, 0.4) is 0 Å². The van der Waals surface area contributed by atoms with Crippen molar-refractivity contribution in [1.82, 2.24) is 9.97 Å². The molecule has 0 radical (unpaired) electrons. The molecule has 2 nitrogen and oxygen atoms in total. The van der Waals surface area contributed by atoms with E-state index in [9.17, 15) is 0 Å². The third kappa shape index (κ3) is 1.55. The van der Waals surface area contributed by atoms with E-state index in [1.807, 2.05) is 23.6 Å². The number of halogens is 1. The molecule has 0 N–H and O–H groups in total. The van der Waals surface area contributed by atoms with Gasteiger partial charge in [0, 0.05) is 0 Å². The second-order valence-electron chi connectivity index (χ2n) is 4.95. The van der Waals surface area contributed by atoms with Crippen molar-refractivity contribution in [2.75, 3.05) is 4.43 Å². The van der Waals surface area contributed by atoms with Crippen LogP contribution in [-0.2, 0) is 0 Å². The predicted octanol–water partition coefficient (Wildman–Crippen LogP) is 1.14. The minimum absolute atomic E-state index is 0.358. The first-order valence-electron chi connectivity index (χ1n) is 6.55. The number of thiophene rings is 1. The fourth-order valence-corrected chi connectivity index (χ4v) is 5.72. The first-order chi connectivity index (χ1) is 9.92. The van der Waals surface area contributed by atoms with Gasteiger partial charge >= 0.3 is 130 Å². The molecule has 1 unspecified atom stereocenters. The standard InChI is InChI=1S/C16H10IN2S/c1-2-6-12-9(4-1)13-15-11(5-3-7-18-15)19-14(10-8-17-10)16(13)20-12/h1-7,10H,8H2/q-1. The van der Waals surface area contributed by atoms with Crippen molar-refractivity contribution in [3.63, 3.8) is 0 Å². The topological polar surface area (TPSA) is 25.8 Å². The zero-order chi connectivity index (χ0) is 13.1. The SMILES string of the molecule is c1cnc2c(c1)nc(C1C[I-]1)c1sc3ccccc3c12. The van der Waals surface area contributed by atoms with E-state index >= 15 is 0 Å². The van der Waals surface area contributed by atoms with Crippen molar-refractivity contribution in [2.24, 2.45) is 0 Å². The van der Waals surface area contributed by atoms with Gasteiger partial charge in [-0.3, -0.25) is 0 Å². The van der Waals surface area contributed by atoms with E-state index in [4.69, 9.17) is 4.98 Å². The molecule has 0 spiro atoms. The van der Waals surface area contributed by atoms with E-state index in [2.05, 4.69) is 35.3 Å². The molecule has 5 rings (SSSR count). The summed E-state index contributed by atoms with van der Waals surface area (Å²) in [6.07, 6.45) is 1.87. The molecule has 1 aliphatic heterocycles. The average Bonchev–Trinajstić information content (AvgIpc) is 3.26. The van der Waals surface area contributed by atoms with E-state index < -0.39 is 0 Å². The number of benzene rings is 1.